The van der Waals surface area contributed by atoms with Crippen LogP contribution in [0.2, 0.25) is 5.02 Å². The third-order valence-electron chi connectivity index (χ3n) is 2.12. The van der Waals surface area contributed by atoms with Crippen molar-refractivity contribution in [3.8, 4) is 0 Å². The number of nitrogens with two attached hydrogens (primary N) is 1. The molecule has 0 saturated heterocycles. The first-order chi connectivity index (χ1) is 6.22. The van der Waals surface area contributed by atoms with Crippen molar-refractivity contribution in [1.29, 1.82) is 0 Å². The number of thiophene rings is 1. The molecule has 0 amide bonds. The summed E-state index contributed by atoms with van der Waals surface area (Å²) in [6, 6.07) is 6.10. The molecule has 1 heterocycles. The number of hydrogen-bond donors (Lipinski definition) is 1. The first kappa shape index (κ1) is 8.85. The number of benzene rings is 1. The van der Waals surface area contributed by atoms with E-state index in [1.54, 1.807) is 11.3 Å². The maximum absolute atomic E-state index is 6.21. The largest absolute Gasteiger partial charge is 0.391 e. The lowest BCUT2D eigenvalue weighted by molar-refractivity contribution is 1.15. The van der Waals surface area contributed by atoms with E-state index in [1.165, 1.54) is 10.3 Å². The van der Waals surface area contributed by atoms with Crippen molar-refractivity contribution in [2.24, 2.45) is 0 Å². The summed E-state index contributed by atoms with van der Waals surface area (Å²) in [5.74, 6) is 0. The molecule has 0 saturated carbocycles. The number of aryl methyl sites for hydroxylation is 1. The van der Waals surface area contributed by atoms with Gasteiger partial charge >= 0.3 is 0 Å². The first-order valence-electron chi connectivity index (χ1n) is 4.18. The molecule has 1 aromatic heterocycles. The van der Waals surface area contributed by atoms with Gasteiger partial charge in [-0.25, -0.2) is 0 Å². The summed E-state index contributed by atoms with van der Waals surface area (Å²) in [6.07, 6.45) is 0.963. The van der Waals surface area contributed by atoms with Crippen LogP contribution in [0.5, 0.6) is 0 Å². The van der Waals surface area contributed by atoms with Crippen molar-refractivity contribution in [1.82, 2.24) is 0 Å². The van der Waals surface area contributed by atoms with Gasteiger partial charge in [-0.05, 0) is 24.1 Å². The number of fused-ring (bicyclic) bond motifs is 1. The molecule has 1 aromatic carbocycles. The van der Waals surface area contributed by atoms with E-state index in [4.69, 9.17) is 17.3 Å². The molecule has 3 heteroatoms. The highest BCUT2D eigenvalue weighted by Crippen LogP contribution is 2.34. The van der Waals surface area contributed by atoms with Crippen molar-refractivity contribution >= 4 is 38.0 Å². The zero-order valence-corrected chi connectivity index (χ0v) is 8.88. The Hall–Kier alpha value is -0.730. The van der Waals surface area contributed by atoms with Crippen molar-refractivity contribution in [3.05, 3.63) is 28.8 Å². The van der Waals surface area contributed by atoms with Crippen LogP contribution < -0.4 is 5.73 Å². The minimum atomic E-state index is 0.824. The van der Waals surface area contributed by atoms with Crippen LogP contribution in [0.4, 0.5) is 5.00 Å². The van der Waals surface area contributed by atoms with Gasteiger partial charge in [-0.1, -0.05) is 24.6 Å². The zero-order chi connectivity index (χ0) is 9.42. The molecule has 0 aliphatic carbocycles. The van der Waals surface area contributed by atoms with Gasteiger partial charge in [0.05, 0.1) is 10.0 Å². The predicted molar refractivity (Wildman–Crippen MR) is 60.6 cm³/mol. The van der Waals surface area contributed by atoms with E-state index >= 15 is 0 Å². The normalized spacial score (nSPS) is 10.9. The molecule has 0 fully saturated rings. The molecule has 0 radical (unpaired) electrons. The summed E-state index contributed by atoms with van der Waals surface area (Å²) in [4.78, 5) is 0. The maximum atomic E-state index is 6.21. The number of halogens is 1. The molecule has 0 unspecified atom stereocenters. The SMILES string of the molecule is CCc1ccc2sc(N)cc2c1Cl. The molecule has 0 spiro atoms. The van der Waals surface area contributed by atoms with Gasteiger partial charge < -0.3 is 5.73 Å². The Labute approximate surface area is 86.1 Å². The number of hydrogen-bond acceptors (Lipinski definition) is 2. The van der Waals surface area contributed by atoms with Crippen molar-refractivity contribution in [2.45, 2.75) is 13.3 Å². The fraction of sp³-hybridized carbons (Fsp3) is 0.200. The second-order valence-electron chi connectivity index (χ2n) is 2.95. The summed E-state index contributed by atoms with van der Waals surface area (Å²) in [7, 11) is 0. The molecule has 0 atom stereocenters. The molecular formula is C10H10ClNS. The van der Waals surface area contributed by atoms with Gasteiger partial charge in [0.25, 0.3) is 0 Å². The second kappa shape index (κ2) is 3.20. The molecule has 2 N–H and O–H groups in total. The molecular weight excluding hydrogens is 202 g/mol. The van der Waals surface area contributed by atoms with Crippen molar-refractivity contribution in [3.63, 3.8) is 0 Å². The lowest BCUT2D eigenvalue weighted by atomic mass is 10.1. The molecule has 0 aliphatic heterocycles. The smallest absolute Gasteiger partial charge is 0.0869 e. The maximum Gasteiger partial charge on any atom is 0.0869 e. The lowest BCUT2D eigenvalue weighted by Crippen LogP contribution is -1.80. The second-order valence-corrected chi connectivity index (χ2v) is 4.45. The van der Waals surface area contributed by atoms with Crippen LogP contribution in [0.1, 0.15) is 12.5 Å². The minimum absolute atomic E-state index is 0.824. The zero-order valence-electron chi connectivity index (χ0n) is 7.30. The van der Waals surface area contributed by atoms with Crippen LogP contribution in [0.3, 0.4) is 0 Å². The Kier molecular flexibility index (Phi) is 2.18. The Morgan fingerprint density at radius 3 is 2.92 bits per heavy atom. The number of anilines is 1. The molecule has 2 rings (SSSR count). The van der Waals surface area contributed by atoms with Crippen LogP contribution in [0.25, 0.3) is 10.1 Å². The van der Waals surface area contributed by atoms with Crippen molar-refractivity contribution < 1.29 is 0 Å². The fourth-order valence-corrected chi connectivity index (χ4v) is 2.66. The topological polar surface area (TPSA) is 26.0 Å². The van der Waals surface area contributed by atoms with E-state index in [0.717, 1.165) is 21.8 Å². The van der Waals surface area contributed by atoms with Gasteiger partial charge in [-0.15, -0.1) is 11.3 Å². The van der Waals surface area contributed by atoms with Gasteiger partial charge in [0.1, 0.15) is 0 Å². The Bertz CT molecular complexity index is 447. The number of rotatable bonds is 1. The predicted octanol–water partition coefficient (Wildman–Crippen LogP) is 3.70. The Morgan fingerprint density at radius 1 is 1.46 bits per heavy atom. The molecule has 13 heavy (non-hydrogen) atoms. The minimum Gasteiger partial charge on any atom is -0.391 e. The third-order valence-corrected chi connectivity index (χ3v) is 3.49. The van der Waals surface area contributed by atoms with E-state index < -0.39 is 0 Å². The van der Waals surface area contributed by atoms with E-state index in [9.17, 15) is 0 Å². The lowest BCUT2D eigenvalue weighted by Gasteiger charge is -2.00. The molecule has 0 aliphatic rings. The highest BCUT2D eigenvalue weighted by molar-refractivity contribution is 7.22. The van der Waals surface area contributed by atoms with Gasteiger partial charge in [0, 0.05) is 10.1 Å². The van der Waals surface area contributed by atoms with Crippen LogP contribution in [-0.2, 0) is 6.42 Å². The molecule has 1 nitrogen and oxygen atoms in total. The average molecular weight is 212 g/mol. The van der Waals surface area contributed by atoms with Crippen LogP contribution in [0.15, 0.2) is 18.2 Å². The molecule has 0 bridgehead atoms. The Balaban J connectivity index is 2.78. The quantitative estimate of drug-likeness (QED) is 0.765. The average Bonchev–Trinajstić information content (AvgIpc) is 2.47. The highest BCUT2D eigenvalue weighted by atomic mass is 35.5. The standard InChI is InChI=1S/C10H10ClNS/c1-2-6-3-4-8-7(10(6)11)5-9(12)13-8/h3-5H,2,12H2,1H3. The summed E-state index contributed by atoms with van der Waals surface area (Å²) in [5, 5.41) is 2.77. The van der Waals surface area contributed by atoms with Crippen LogP contribution >= 0.6 is 22.9 Å². The van der Waals surface area contributed by atoms with Crippen LogP contribution in [-0.4, -0.2) is 0 Å². The van der Waals surface area contributed by atoms with E-state index in [2.05, 4.69) is 19.1 Å². The van der Waals surface area contributed by atoms with Gasteiger partial charge in [-0.3, -0.25) is 0 Å². The summed E-state index contributed by atoms with van der Waals surface area (Å²) < 4.78 is 1.17. The highest BCUT2D eigenvalue weighted by Gasteiger charge is 2.06. The van der Waals surface area contributed by atoms with Gasteiger partial charge in [-0.2, -0.15) is 0 Å². The van der Waals surface area contributed by atoms with E-state index in [1.807, 2.05) is 6.07 Å². The van der Waals surface area contributed by atoms with E-state index in [0.29, 0.717) is 0 Å². The summed E-state index contributed by atoms with van der Waals surface area (Å²) in [5.41, 5.74) is 6.90. The third kappa shape index (κ3) is 1.40. The monoisotopic (exact) mass is 211 g/mol. The summed E-state index contributed by atoms with van der Waals surface area (Å²) in [6.45, 7) is 2.10. The van der Waals surface area contributed by atoms with Gasteiger partial charge in [0.15, 0.2) is 0 Å². The van der Waals surface area contributed by atoms with E-state index in [-0.39, 0.29) is 0 Å². The van der Waals surface area contributed by atoms with Crippen molar-refractivity contribution in [2.75, 3.05) is 5.73 Å². The Morgan fingerprint density at radius 2 is 2.23 bits per heavy atom. The summed E-state index contributed by atoms with van der Waals surface area (Å²) >= 11 is 7.78. The first-order valence-corrected chi connectivity index (χ1v) is 5.38. The van der Waals surface area contributed by atoms with Gasteiger partial charge in [0.2, 0.25) is 0 Å². The molecule has 68 valence electrons. The number of nitrogen functional groups attached to an aromatic ring is 1. The van der Waals surface area contributed by atoms with Crippen LogP contribution in [0, 0.1) is 0 Å². The fourth-order valence-electron chi connectivity index (χ4n) is 1.42. The molecule has 2 aromatic rings.